The Morgan fingerprint density at radius 3 is 1.96 bits per heavy atom. The van der Waals surface area contributed by atoms with E-state index in [0.717, 1.165) is 50.1 Å². The SMILES string of the molecule is N=C(CCCCCCCCCN=C(N)N)CCCOc1ccc(C(=N)N)cc1. The summed E-state index contributed by atoms with van der Waals surface area (Å²) in [6.07, 6.45) is 10.7. The van der Waals surface area contributed by atoms with Crippen LogP contribution in [-0.2, 0) is 0 Å². The van der Waals surface area contributed by atoms with Crippen molar-refractivity contribution in [2.75, 3.05) is 13.2 Å². The van der Waals surface area contributed by atoms with Gasteiger partial charge in [0, 0.05) is 17.8 Å². The number of unbranched alkanes of at least 4 members (excludes halogenated alkanes) is 6. The number of hydrogen-bond acceptors (Lipinski definition) is 4. The molecule has 1 aromatic carbocycles. The number of nitrogens with zero attached hydrogens (tertiary/aromatic N) is 1. The van der Waals surface area contributed by atoms with Crippen LogP contribution in [0.3, 0.4) is 0 Å². The summed E-state index contributed by atoms with van der Waals surface area (Å²) < 4.78 is 5.67. The zero-order valence-electron chi connectivity index (χ0n) is 16.9. The molecule has 0 spiro atoms. The van der Waals surface area contributed by atoms with Gasteiger partial charge < -0.3 is 27.3 Å². The van der Waals surface area contributed by atoms with E-state index < -0.39 is 0 Å². The third kappa shape index (κ3) is 11.9. The largest absolute Gasteiger partial charge is 0.494 e. The highest BCUT2D eigenvalue weighted by atomic mass is 16.5. The third-order valence-electron chi connectivity index (χ3n) is 4.49. The van der Waals surface area contributed by atoms with Gasteiger partial charge in [0.1, 0.15) is 11.6 Å². The molecule has 0 amide bonds. The fourth-order valence-electron chi connectivity index (χ4n) is 2.87. The maximum Gasteiger partial charge on any atom is 0.185 e. The first kappa shape index (κ1) is 23.5. The number of hydrogen-bond donors (Lipinski definition) is 5. The van der Waals surface area contributed by atoms with Crippen molar-refractivity contribution < 1.29 is 4.74 Å². The smallest absolute Gasteiger partial charge is 0.185 e. The van der Waals surface area contributed by atoms with Crippen molar-refractivity contribution >= 4 is 17.5 Å². The van der Waals surface area contributed by atoms with Crippen LogP contribution in [0.15, 0.2) is 29.3 Å². The Morgan fingerprint density at radius 1 is 0.786 bits per heavy atom. The first-order chi connectivity index (χ1) is 13.5. The normalized spacial score (nSPS) is 10.4. The highest BCUT2D eigenvalue weighted by Crippen LogP contribution is 2.13. The molecule has 156 valence electrons. The number of ether oxygens (including phenoxy) is 1. The van der Waals surface area contributed by atoms with Gasteiger partial charge in [0.25, 0.3) is 0 Å². The molecule has 0 aliphatic carbocycles. The molecule has 0 unspecified atom stereocenters. The van der Waals surface area contributed by atoms with Crippen LogP contribution in [0.5, 0.6) is 5.75 Å². The molecule has 0 radical (unpaired) electrons. The second kappa shape index (κ2) is 14.5. The van der Waals surface area contributed by atoms with Gasteiger partial charge in [-0.3, -0.25) is 10.4 Å². The predicted octanol–water partition coefficient (Wildman–Crippen LogP) is 3.54. The average Bonchev–Trinajstić information content (AvgIpc) is 2.66. The molecule has 28 heavy (non-hydrogen) atoms. The van der Waals surface area contributed by atoms with E-state index in [1.807, 2.05) is 12.1 Å². The van der Waals surface area contributed by atoms with Gasteiger partial charge in [-0.1, -0.05) is 32.1 Å². The molecule has 0 saturated heterocycles. The summed E-state index contributed by atoms with van der Waals surface area (Å²) >= 11 is 0. The molecule has 7 heteroatoms. The number of aliphatic imine (C=N–C) groups is 1. The minimum atomic E-state index is 0.0582. The van der Waals surface area contributed by atoms with E-state index in [0.29, 0.717) is 12.2 Å². The molecule has 0 saturated carbocycles. The molecule has 0 atom stereocenters. The highest BCUT2D eigenvalue weighted by Gasteiger charge is 2.01. The average molecular weight is 389 g/mol. The monoisotopic (exact) mass is 388 g/mol. The molecule has 0 aliphatic rings. The fraction of sp³-hybridized carbons (Fsp3) is 0.571. The summed E-state index contributed by atoms with van der Waals surface area (Å²) in [7, 11) is 0. The van der Waals surface area contributed by atoms with E-state index in [4.69, 9.17) is 32.8 Å². The van der Waals surface area contributed by atoms with Crippen molar-refractivity contribution in [3.63, 3.8) is 0 Å². The minimum absolute atomic E-state index is 0.0582. The van der Waals surface area contributed by atoms with Crippen LogP contribution >= 0.6 is 0 Å². The molecule has 0 bridgehead atoms. The van der Waals surface area contributed by atoms with Gasteiger partial charge >= 0.3 is 0 Å². The number of nitrogen functional groups attached to an aromatic ring is 1. The van der Waals surface area contributed by atoms with Crippen LogP contribution in [0.25, 0.3) is 0 Å². The number of nitrogens with one attached hydrogen (secondary N) is 2. The number of nitrogens with two attached hydrogens (primary N) is 3. The van der Waals surface area contributed by atoms with E-state index in [1.165, 1.54) is 32.1 Å². The van der Waals surface area contributed by atoms with Crippen LogP contribution in [-0.4, -0.2) is 30.7 Å². The lowest BCUT2D eigenvalue weighted by molar-refractivity contribution is 0.313. The Kier molecular flexibility index (Phi) is 12.1. The Balaban J connectivity index is 1.94. The summed E-state index contributed by atoms with van der Waals surface area (Å²) in [5.74, 6) is 1.01. The lowest BCUT2D eigenvalue weighted by atomic mass is 10.0. The number of benzene rings is 1. The molecule has 0 aromatic heterocycles. The maximum atomic E-state index is 8.05. The topological polar surface area (TPSA) is 147 Å². The van der Waals surface area contributed by atoms with Crippen LogP contribution in [0.1, 0.15) is 69.8 Å². The van der Waals surface area contributed by atoms with E-state index in [9.17, 15) is 0 Å². The molecule has 0 aliphatic heterocycles. The molecule has 1 rings (SSSR count). The quantitative estimate of drug-likeness (QED) is 0.167. The van der Waals surface area contributed by atoms with Crippen molar-refractivity contribution in [2.24, 2.45) is 22.2 Å². The van der Waals surface area contributed by atoms with Crippen LogP contribution < -0.4 is 21.9 Å². The number of amidine groups is 1. The third-order valence-corrected chi connectivity index (χ3v) is 4.49. The lowest BCUT2D eigenvalue weighted by Gasteiger charge is -2.08. The molecule has 0 fully saturated rings. The van der Waals surface area contributed by atoms with Gasteiger partial charge in [-0.05, 0) is 56.4 Å². The van der Waals surface area contributed by atoms with E-state index in [-0.39, 0.29) is 11.8 Å². The second-order valence-electron chi connectivity index (χ2n) is 7.03. The standard InChI is InChI=1S/C21H36N6O/c22-18(9-6-4-2-1-3-5-7-15-27-21(25)26)10-8-16-28-19-13-11-17(12-14-19)20(23)24/h11-14,22H,1-10,15-16H2,(H3,23,24)(H4,25,26,27). The first-order valence-electron chi connectivity index (χ1n) is 10.2. The van der Waals surface area contributed by atoms with Crippen molar-refractivity contribution in [2.45, 2.75) is 64.2 Å². The van der Waals surface area contributed by atoms with E-state index in [2.05, 4.69) is 4.99 Å². The Hall–Kier alpha value is -2.57. The number of guanidine groups is 1. The Bertz CT molecular complexity index is 608. The Morgan fingerprint density at radius 2 is 1.36 bits per heavy atom. The van der Waals surface area contributed by atoms with Gasteiger partial charge in [0.15, 0.2) is 5.96 Å². The predicted molar refractivity (Wildman–Crippen MR) is 118 cm³/mol. The minimum Gasteiger partial charge on any atom is -0.494 e. The van der Waals surface area contributed by atoms with Crippen molar-refractivity contribution in [1.82, 2.24) is 0 Å². The highest BCUT2D eigenvalue weighted by molar-refractivity contribution is 5.94. The number of rotatable bonds is 16. The summed E-state index contributed by atoms with van der Waals surface area (Å²) in [5, 5.41) is 15.4. The summed E-state index contributed by atoms with van der Waals surface area (Å²) in [6, 6.07) is 7.21. The van der Waals surface area contributed by atoms with Gasteiger partial charge in [0.05, 0.1) is 6.61 Å². The van der Waals surface area contributed by atoms with E-state index in [1.54, 1.807) is 12.1 Å². The Labute approximate surface area is 168 Å². The van der Waals surface area contributed by atoms with Crippen LogP contribution in [0, 0.1) is 10.8 Å². The lowest BCUT2D eigenvalue weighted by Crippen LogP contribution is -2.22. The van der Waals surface area contributed by atoms with E-state index >= 15 is 0 Å². The van der Waals surface area contributed by atoms with Crippen LogP contribution in [0.4, 0.5) is 0 Å². The molecule has 1 aromatic rings. The van der Waals surface area contributed by atoms with Crippen molar-refractivity contribution in [3.05, 3.63) is 29.8 Å². The molecule has 7 nitrogen and oxygen atoms in total. The second-order valence-corrected chi connectivity index (χ2v) is 7.03. The fourth-order valence-corrected chi connectivity index (χ4v) is 2.87. The molecule has 0 heterocycles. The molecule has 8 N–H and O–H groups in total. The van der Waals surface area contributed by atoms with Gasteiger partial charge in [0.2, 0.25) is 0 Å². The van der Waals surface area contributed by atoms with Gasteiger partial charge in [-0.15, -0.1) is 0 Å². The summed E-state index contributed by atoms with van der Waals surface area (Å²) in [5.41, 5.74) is 17.5. The molecular formula is C21H36N6O. The van der Waals surface area contributed by atoms with Crippen LogP contribution in [0.2, 0.25) is 0 Å². The zero-order valence-corrected chi connectivity index (χ0v) is 16.9. The van der Waals surface area contributed by atoms with Gasteiger partial charge in [-0.2, -0.15) is 0 Å². The summed E-state index contributed by atoms with van der Waals surface area (Å²) in [4.78, 5) is 3.98. The van der Waals surface area contributed by atoms with Crippen molar-refractivity contribution in [3.8, 4) is 5.75 Å². The molecular weight excluding hydrogens is 352 g/mol. The summed E-state index contributed by atoms with van der Waals surface area (Å²) in [6.45, 7) is 1.33. The van der Waals surface area contributed by atoms with Crippen molar-refractivity contribution in [1.29, 1.82) is 10.8 Å². The van der Waals surface area contributed by atoms with Gasteiger partial charge in [-0.25, -0.2) is 0 Å². The maximum absolute atomic E-state index is 8.05. The first-order valence-corrected chi connectivity index (χ1v) is 10.2. The zero-order chi connectivity index (χ0) is 20.6.